The van der Waals surface area contributed by atoms with E-state index in [4.69, 9.17) is 13.8 Å². The highest BCUT2D eigenvalue weighted by atomic mass is 79.9. The van der Waals surface area contributed by atoms with Gasteiger partial charge in [-0.3, -0.25) is 18.7 Å². The average molecular weight is 836 g/mol. The largest absolute Gasteiger partial charge is 0.437 e. The van der Waals surface area contributed by atoms with Crippen molar-refractivity contribution in [1.82, 2.24) is 57.8 Å². The maximum absolute atomic E-state index is 13.7. The second-order valence-electron chi connectivity index (χ2n) is 15.1. The fourth-order valence-electron chi connectivity index (χ4n) is 8.35. The van der Waals surface area contributed by atoms with Gasteiger partial charge in [-0.2, -0.15) is 9.36 Å². The lowest BCUT2D eigenvalue weighted by Gasteiger charge is -2.39. The molecular weight excluding hydrogens is 800 g/mol. The highest BCUT2D eigenvalue weighted by Gasteiger charge is 2.38. The van der Waals surface area contributed by atoms with Crippen molar-refractivity contribution in [3.8, 4) is 0 Å². The molecule has 1 atom stereocenters. The molecule has 0 spiro atoms. The van der Waals surface area contributed by atoms with E-state index in [1.807, 2.05) is 18.2 Å². The van der Waals surface area contributed by atoms with Crippen LogP contribution >= 0.6 is 15.9 Å². The van der Waals surface area contributed by atoms with Crippen LogP contribution in [0.5, 0.6) is 0 Å². The molecule has 0 aliphatic heterocycles. The van der Waals surface area contributed by atoms with E-state index in [-0.39, 0.29) is 54.0 Å². The first-order valence-corrected chi connectivity index (χ1v) is 19.5. The fraction of sp³-hybridized carbons (Fsp3) is 0.368. The van der Waals surface area contributed by atoms with E-state index in [1.165, 1.54) is 43.0 Å². The number of aromatic nitrogens is 12. The second-order valence-corrected chi connectivity index (χ2v) is 16.1. The maximum atomic E-state index is 13.7. The summed E-state index contributed by atoms with van der Waals surface area (Å²) in [7, 11) is 3.51. The first kappa shape index (κ1) is 35.2. The van der Waals surface area contributed by atoms with Crippen LogP contribution in [-0.4, -0.2) is 57.8 Å². The molecule has 0 amide bonds. The number of halogens is 1. The number of rotatable bonds is 9. The van der Waals surface area contributed by atoms with Gasteiger partial charge in [0.05, 0.1) is 18.4 Å². The Balaban J connectivity index is 0.778. The van der Waals surface area contributed by atoms with Crippen LogP contribution in [0.4, 0.5) is 0 Å². The molecule has 6 aromatic heterocycles. The summed E-state index contributed by atoms with van der Waals surface area (Å²) in [4.78, 5) is 69.6. The average Bonchev–Trinajstić information content (AvgIpc) is 3.92. The molecule has 19 heteroatoms. The monoisotopic (exact) mass is 834 g/mol. The van der Waals surface area contributed by atoms with Crippen molar-refractivity contribution in [1.29, 1.82) is 0 Å². The van der Waals surface area contributed by atoms with Crippen LogP contribution in [0.2, 0.25) is 0 Å². The molecule has 3 aliphatic rings. The van der Waals surface area contributed by atoms with Crippen LogP contribution in [0.1, 0.15) is 73.3 Å². The molecule has 57 heavy (non-hydrogen) atoms. The first-order chi connectivity index (χ1) is 27.6. The van der Waals surface area contributed by atoms with E-state index < -0.39 is 11.5 Å². The summed E-state index contributed by atoms with van der Waals surface area (Å²) in [5.74, 6) is 0.756. The third-order valence-corrected chi connectivity index (χ3v) is 12.2. The molecule has 0 radical (unpaired) electrons. The molecule has 0 N–H and O–H groups in total. The smallest absolute Gasteiger partial charge is 0.390 e. The molecule has 1 aromatic carbocycles. The normalized spacial score (nSPS) is 21.9. The van der Waals surface area contributed by atoms with Crippen LogP contribution in [0, 0.1) is 11.8 Å². The number of benzene rings is 1. The zero-order valence-electron chi connectivity index (χ0n) is 30.8. The van der Waals surface area contributed by atoms with Gasteiger partial charge in [0, 0.05) is 24.1 Å². The van der Waals surface area contributed by atoms with E-state index in [2.05, 4.69) is 65.4 Å². The van der Waals surface area contributed by atoms with Crippen molar-refractivity contribution in [2.45, 2.75) is 63.2 Å². The summed E-state index contributed by atoms with van der Waals surface area (Å²) in [5.41, 5.74) is 2.86. The Bertz CT molecular complexity index is 3020. The minimum absolute atomic E-state index is 0.0191. The number of allylic oxidation sites excluding steroid dienone is 4. The van der Waals surface area contributed by atoms with Gasteiger partial charge in [0.2, 0.25) is 11.8 Å². The van der Waals surface area contributed by atoms with Crippen molar-refractivity contribution in [3.63, 3.8) is 0 Å². The molecule has 2 saturated carbocycles. The number of nitrogens with zero attached hydrogens (tertiary/aromatic N) is 12. The fourth-order valence-corrected chi connectivity index (χ4v) is 8.61. The molecule has 7 aromatic rings. The predicted octanol–water partition coefficient (Wildman–Crippen LogP) is 3.46. The maximum Gasteiger partial charge on any atom is 0.437 e. The number of imidazole rings is 2. The van der Waals surface area contributed by atoms with Crippen molar-refractivity contribution >= 4 is 43.8 Å². The van der Waals surface area contributed by atoms with Crippen molar-refractivity contribution in [3.05, 3.63) is 131 Å². The third kappa shape index (κ3) is 6.07. The number of fused-ring (bicyclic) bond motifs is 2. The summed E-state index contributed by atoms with van der Waals surface area (Å²) < 4.78 is 20.8. The van der Waals surface area contributed by atoms with E-state index in [0.717, 1.165) is 42.1 Å². The minimum atomic E-state index is -0.550. The first-order valence-electron chi connectivity index (χ1n) is 18.7. The van der Waals surface area contributed by atoms with Gasteiger partial charge in [-0.05, 0) is 67.6 Å². The Morgan fingerprint density at radius 1 is 0.754 bits per heavy atom. The molecule has 3 aliphatic carbocycles. The Kier molecular flexibility index (Phi) is 8.31. The molecule has 2 fully saturated rings. The number of hydrogen-bond donors (Lipinski definition) is 0. The standard InChI is InChI=1S/C38H35BrN12O6/c1-46-17-40-32-30(46)35(52)48(18-41-32)15-28-44-50(37(54)56-28)26-11-23(12-26)20-3-5-22(6-4-20)34-43-33-31(47(34)2)36(53)49(19-42-33)16-29-45-51(38(55)57-29)27-13-24(14-27)21-7-9-25(39)10-8-21/h3,5-10,17-20,23-24,26-27H,4,11-16H2,1-2H3. The molecule has 6 heterocycles. The molecule has 1 unspecified atom stereocenters. The highest BCUT2D eigenvalue weighted by molar-refractivity contribution is 9.10. The van der Waals surface area contributed by atoms with Crippen LogP contribution in [-0.2, 0) is 27.2 Å². The van der Waals surface area contributed by atoms with Crippen LogP contribution in [0.25, 0.3) is 27.9 Å². The van der Waals surface area contributed by atoms with Gasteiger partial charge in [-0.1, -0.05) is 46.3 Å². The quantitative estimate of drug-likeness (QED) is 0.205. The summed E-state index contributed by atoms with van der Waals surface area (Å²) >= 11 is 3.47. The molecule has 18 nitrogen and oxygen atoms in total. The molecule has 0 saturated heterocycles. The van der Waals surface area contributed by atoms with Gasteiger partial charge >= 0.3 is 11.5 Å². The number of hydrogen-bond acceptors (Lipinski definition) is 12. The van der Waals surface area contributed by atoms with Crippen LogP contribution in [0.3, 0.4) is 0 Å². The van der Waals surface area contributed by atoms with E-state index in [1.54, 1.807) is 23.2 Å². The summed E-state index contributed by atoms with van der Waals surface area (Å²) in [6.45, 7) is -0.0592. The third-order valence-electron chi connectivity index (χ3n) is 11.7. The molecule has 0 bridgehead atoms. The molecule has 290 valence electrons. The van der Waals surface area contributed by atoms with Gasteiger partial charge in [0.25, 0.3) is 11.1 Å². The van der Waals surface area contributed by atoms with Gasteiger partial charge in [0.15, 0.2) is 22.3 Å². The summed E-state index contributed by atoms with van der Waals surface area (Å²) in [6, 6.07) is 8.04. The van der Waals surface area contributed by atoms with Crippen LogP contribution < -0.4 is 22.6 Å². The van der Waals surface area contributed by atoms with E-state index in [0.29, 0.717) is 40.0 Å². The lowest BCUT2D eigenvalue weighted by Crippen LogP contribution is -2.36. The Morgan fingerprint density at radius 2 is 1.35 bits per heavy atom. The zero-order chi connectivity index (χ0) is 39.1. The van der Waals surface area contributed by atoms with Crippen molar-refractivity contribution in [2.75, 3.05) is 0 Å². The zero-order valence-corrected chi connectivity index (χ0v) is 32.4. The van der Waals surface area contributed by atoms with Gasteiger partial charge < -0.3 is 18.0 Å². The topological polar surface area (TPSA) is 201 Å². The Labute approximate surface area is 329 Å². The highest BCUT2D eigenvalue weighted by Crippen LogP contribution is 2.45. The van der Waals surface area contributed by atoms with Crippen molar-refractivity contribution in [2.24, 2.45) is 25.9 Å². The predicted molar refractivity (Wildman–Crippen MR) is 207 cm³/mol. The second kappa shape index (κ2) is 13.5. The molecular formula is C38H35BrN12O6. The van der Waals surface area contributed by atoms with Crippen molar-refractivity contribution < 1.29 is 8.83 Å². The minimum Gasteiger partial charge on any atom is -0.390 e. The summed E-state index contributed by atoms with van der Waals surface area (Å²) in [5, 5.41) is 8.86. The van der Waals surface area contributed by atoms with E-state index >= 15 is 0 Å². The lowest BCUT2D eigenvalue weighted by atomic mass is 9.70. The van der Waals surface area contributed by atoms with E-state index in [9.17, 15) is 19.2 Å². The lowest BCUT2D eigenvalue weighted by molar-refractivity contribution is 0.135. The molecule has 10 rings (SSSR count). The Morgan fingerprint density at radius 3 is 1.98 bits per heavy atom. The Hall–Kier alpha value is -6.24. The van der Waals surface area contributed by atoms with Gasteiger partial charge in [-0.15, -0.1) is 10.2 Å². The van der Waals surface area contributed by atoms with Crippen LogP contribution in [0.15, 0.2) is 94.0 Å². The van der Waals surface area contributed by atoms with Gasteiger partial charge in [0.1, 0.15) is 31.6 Å². The number of aryl methyl sites for hydroxylation is 2. The SMILES string of the molecule is Cn1cnc2ncn(Cc3nn(C4CC(C5C=CC(c6nc7ncn(Cc8nn(C9CC(c%10ccc(Br)cc%10)C9)c(=O)o8)c(=O)c7n6C)=CC5)C4)c(=O)o3)c(=O)c21. The summed E-state index contributed by atoms with van der Waals surface area (Å²) in [6.07, 6.45) is 14.5. The van der Waals surface area contributed by atoms with Gasteiger partial charge in [-0.25, -0.2) is 29.5 Å².